The number of nitrogens with zero attached hydrogens (tertiary/aromatic N) is 1. The van der Waals surface area contributed by atoms with Crippen molar-refractivity contribution in [2.24, 2.45) is 0 Å². The minimum atomic E-state index is -0.417. The molecule has 2 aromatic rings. The molecule has 0 radical (unpaired) electrons. The molecule has 0 saturated carbocycles. The Labute approximate surface area is 110 Å². The molecule has 1 heterocycles. The predicted molar refractivity (Wildman–Crippen MR) is 69.8 cm³/mol. The lowest BCUT2D eigenvalue weighted by Gasteiger charge is -2.13. The summed E-state index contributed by atoms with van der Waals surface area (Å²) in [4.78, 5) is 17.6. The molecule has 1 unspecified atom stereocenters. The molecule has 0 spiro atoms. The molecule has 1 aromatic carbocycles. The fourth-order valence-electron chi connectivity index (χ4n) is 2.04. The lowest BCUT2D eigenvalue weighted by molar-refractivity contribution is 0.446. The summed E-state index contributed by atoms with van der Waals surface area (Å²) in [6, 6.07) is 6.22. The van der Waals surface area contributed by atoms with Crippen LogP contribution in [0, 0.1) is 12.7 Å². The van der Waals surface area contributed by atoms with Gasteiger partial charge in [0, 0.05) is 6.42 Å². The van der Waals surface area contributed by atoms with E-state index in [4.69, 9.17) is 0 Å². The molecule has 2 N–H and O–H groups in total. The van der Waals surface area contributed by atoms with Gasteiger partial charge in [-0.1, -0.05) is 25.1 Å². The van der Waals surface area contributed by atoms with Gasteiger partial charge in [-0.15, -0.1) is 0 Å². The van der Waals surface area contributed by atoms with E-state index >= 15 is 0 Å². The third-order valence-electron chi connectivity index (χ3n) is 3.03. The van der Waals surface area contributed by atoms with Crippen molar-refractivity contribution in [3.63, 3.8) is 0 Å². The summed E-state index contributed by atoms with van der Waals surface area (Å²) in [5.41, 5.74) is 0.743. The average Bonchev–Trinajstić information content (AvgIpc) is 2.31. The summed E-state index contributed by atoms with van der Waals surface area (Å²) in [5, 5.41) is 9.27. The van der Waals surface area contributed by atoms with E-state index in [0.717, 1.165) is 6.07 Å². The fourth-order valence-corrected chi connectivity index (χ4v) is 2.04. The maximum atomic E-state index is 14.0. The summed E-state index contributed by atoms with van der Waals surface area (Å²) in [6.07, 6.45) is 0.351. The second-order valence-electron chi connectivity index (χ2n) is 4.63. The lowest BCUT2D eigenvalue weighted by Crippen LogP contribution is -2.12. The second-order valence-corrected chi connectivity index (χ2v) is 4.63. The highest BCUT2D eigenvalue weighted by Gasteiger charge is 2.14. The van der Waals surface area contributed by atoms with Gasteiger partial charge in [0.1, 0.15) is 11.6 Å². The Morgan fingerprint density at radius 1 is 1.47 bits per heavy atom. The van der Waals surface area contributed by atoms with E-state index in [-0.39, 0.29) is 17.6 Å². The van der Waals surface area contributed by atoms with Crippen molar-refractivity contribution in [3.05, 3.63) is 57.4 Å². The molecule has 5 heteroatoms. The van der Waals surface area contributed by atoms with Crippen molar-refractivity contribution in [3.8, 4) is 5.88 Å². The molecule has 4 nitrogen and oxygen atoms in total. The van der Waals surface area contributed by atoms with Gasteiger partial charge in [-0.2, -0.15) is 0 Å². The van der Waals surface area contributed by atoms with Crippen molar-refractivity contribution >= 4 is 0 Å². The highest BCUT2D eigenvalue weighted by Crippen LogP contribution is 2.23. The molecule has 0 amide bonds. The molecule has 100 valence electrons. The number of hydrogen-bond donors (Lipinski definition) is 2. The van der Waals surface area contributed by atoms with Crippen LogP contribution >= 0.6 is 0 Å². The van der Waals surface area contributed by atoms with E-state index in [2.05, 4.69) is 9.97 Å². The van der Waals surface area contributed by atoms with Gasteiger partial charge in [-0.05, 0) is 24.0 Å². The zero-order valence-corrected chi connectivity index (χ0v) is 10.8. The maximum absolute atomic E-state index is 14.0. The molecule has 0 bridgehead atoms. The fraction of sp³-hybridized carbons (Fsp3) is 0.286. The molecular weight excluding hydrogens is 247 g/mol. The van der Waals surface area contributed by atoms with Crippen LogP contribution in [0.25, 0.3) is 0 Å². The molecule has 19 heavy (non-hydrogen) atoms. The number of hydrogen-bond acceptors (Lipinski definition) is 3. The van der Waals surface area contributed by atoms with Crippen molar-refractivity contribution in [1.29, 1.82) is 0 Å². The Bertz CT molecular complexity index is 652. The van der Waals surface area contributed by atoms with E-state index in [1.165, 1.54) is 0 Å². The van der Waals surface area contributed by atoms with Crippen molar-refractivity contribution < 1.29 is 9.50 Å². The topological polar surface area (TPSA) is 66.0 Å². The van der Waals surface area contributed by atoms with Crippen molar-refractivity contribution in [2.45, 2.75) is 26.2 Å². The largest absolute Gasteiger partial charge is 0.493 e. The lowest BCUT2D eigenvalue weighted by atomic mass is 9.95. The Balaban J connectivity index is 2.28. The van der Waals surface area contributed by atoms with Crippen LogP contribution in [0.3, 0.4) is 0 Å². The first-order chi connectivity index (χ1) is 8.97. The summed E-state index contributed by atoms with van der Waals surface area (Å²) in [5.74, 6) is -0.364. The Morgan fingerprint density at radius 2 is 2.21 bits per heavy atom. The molecule has 0 aliphatic rings. The molecule has 2 rings (SSSR count). The average molecular weight is 262 g/mol. The first-order valence-electron chi connectivity index (χ1n) is 6.01. The van der Waals surface area contributed by atoms with E-state index in [1.54, 1.807) is 25.1 Å². The van der Waals surface area contributed by atoms with Crippen LogP contribution in [0.1, 0.15) is 29.8 Å². The number of H-pyrrole nitrogens is 1. The SMILES string of the molecule is Cc1cccc(C(C)Cc2nc(O)cc(=O)[nH]2)c1F. The Hall–Kier alpha value is -2.17. The van der Waals surface area contributed by atoms with Gasteiger partial charge in [0.15, 0.2) is 0 Å². The first-order valence-corrected chi connectivity index (χ1v) is 6.01. The van der Waals surface area contributed by atoms with E-state index in [9.17, 15) is 14.3 Å². The standard InChI is InChI=1S/C14H15FN2O2/c1-8-4-3-5-10(14(8)15)9(2)6-11-16-12(18)7-13(19)17-11/h3-5,7,9H,6H2,1-2H3,(H2,16,17,18,19). The number of halogens is 1. The zero-order valence-electron chi connectivity index (χ0n) is 10.8. The maximum Gasteiger partial charge on any atom is 0.254 e. The number of aryl methyl sites for hydroxylation is 1. The van der Waals surface area contributed by atoms with Gasteiger partial charge >= 0.3 is 0 Å². The monoisotopic (exact) mass is 262 g/mol. The Morgan fingerprint density at radius 3 is 2.89 bits per heavy atom. The van der Waals surface area contributed by atoms with Gasteiger partial charge in [0.05, 0.1) is 6.07 Å². The summed E-state index contributed by atoms with van der Waals surface area (Å²) in [6.45, 7) is 3.56. The number of rotatable bonds is 3. The van der Waals surface area contributed by atoms with E-state index in [1.807, 2.05) is 6.92 Å². The predicted octanol–water partition coefficient (Wildman–Crippen LogP) is 2.27. The third-order valence-corrected chi connectivity index (χ3v) is 3.03. The Kier molecular flexibility index (Phi) is 3.64. The summed E-state index contributed by atoms with van der Waals surface area (Å²) in [7, 11) is 0. The van der Waals surface area contributed by atoms with E-state index < -0.39 is 5.56 Å². The minimum absolute atomic E-state index is 0.148. The molecule has 1 atom stereocenters. The smallest absolute Gasteiger partial charge is 0.254 e. The zero-order chi connectivity index (χ0) is 14.0. The van der Waals surface area contributed by atoms with Crippen molar-refractivity contribution in [2.75, 3.05) is 0 Å². The quantitative estimate of drug-likeness (QED) is 0.891. The molecule has 1 aromatic heterocycles. The highest BCUT2D eigenvalue weighted by molar-refractivity contribution is 5.28. The molecular formula is C14H15FN2O2. The van der Waals surface area contributed by atoms with Crippen LogP contribution in [0.4, 0.5) is 4.39 Å². The highest BCUT2D eigenvalue weighted by atomic mass is 19.1. The van der Waals surface area contributed by atoms with Gasteiger partial charge < -0.3 is 10.1 Å². The van der Waals surface area contributed by atoms with Crippen LogP contribution in [0.2, 0.25) is 0 Å². The van der Waals surface area contributed by atoms with Crippen LogP contribution < -0.4 is 5.56 Å². The van der Waals surface area contributed by atoms with Gasteiger partial charge in [0.2, 0.25) is 5.88 Å². The number of aromatic amines is 1. The first kappa shape index (κ1) is 13.3. The van der Waals surface area contributed by atoms with Gasteiger partial charge in [-0.3, -0.25) is 4.79 Å². The number of nitrogens with one attached hydrogen (secondary N) is 1. The number of aromatic hydroxyl groups is 1. The second kappa shape index (κ2) is 5.22. The summed E-state index contributed by atoms with van der Waals surface area (Å²) >= 11 is 0. The molecule has 0 aliphatic carbocycles. The number of benzene rings is 1. The van der Waals surface area contributed by atoms with Crippen LogP contribution in [-0.2, 0) is 6.42 Å². The summed E-state index contributed by atoms with van der Waals surface area (Å²) < 4.78 is 14.0. The van der Waals surface area contributed by atoms with Gasteiger partial charge in [-0.25, -0.2) is 9.37 Å². The number of aromatic nitrogens is 2. The van der Waals surface area contributed by atoms with Crippen LogP contribution in [0.15, 0.2) is 29.1 Å². The molecule has 0 saturated heterocycles. The normalized spacial score (nSPS) is 12.4. The van der Waals surface area contributed by atoms with Crippen LogP contribution in [0.5, 0.6) is 5.88 Å². The van der Waals surface area contributed by atoms with Gasteiger partial charge in [0.25, 0.3) is 5.56 Å². The molecule has 0 aliphatic heterocycles. The molecule has 0 fully saturated rings. The van der Waals surface area contributed by atoms with Crippen molar-refractivity contribution in [1.82, 2.24) is 9.97 Å². The third kappa shape index (κ3) is 2.99. The van der Waals surface area contributed by atoms with E-state index in [0.29, 0.717) is 23.4 Å². The minimum Gasteiger partial charge on any atom is -0.493 e. The van der Waals surface area contributed by atoms with Crippen LogP contribution in [-0.4, -0.2) is 15.1 Å².